The van der Waals surface area contributed by atoms with Crippen molar-refractivity contribution >= 4 is 21.7 Å². The fourth-order valence-corrected chi connectivity index (χ4v) is 3.05. The molecule has 9 heteroatoms. The number of hydrogen-bond donors (Lipinski definition) is 1. The van der Waals surface area contributed by atoms with Crippen molar-refractivity contribution in [2.24, 2.45) is 0 Å². The van der Waals surface area contributed by atoms with Gasteiger partial charge in [-0.2, -0.15) is 4.31 Å². The summed E-state index contributed by atoms with van der Waals surface area (Å²) in [6, 6.07) is 4.32. The van der Waals surface area contributed by atoms with Gasteiger partial charge in [-0.15, -0.1) is 0 Å². The lowest BCUT2D eigenvalue weighted by Gasteiger charge is -2.19. The second kappa shape index (κ2) is 6.44. The van der Waals surface area contributed by atoms with Crippen molar-refractivity contribution in [2.45, 2.75) is 18.2 Å². The highest BCUT2D eigenvalue weighted by Crippen LogP contribution is 2.19. The minimum atomic E-state index is -3.97. The maximum Gasteiger partial charge on any atom is 0.318 e. The van der Waals surface area contributed by atoms with Crippen molar-refractivity contribution in [3.63, 3.8) is 0 Å². The molecule has 0 spiro atoms. The van der Waals surface area contributed by atoms with Crippen LogP contribution in [0.1, 0.15) is 13.3 Å². The molecule has 0 unspecified atom stereocenters. The molecule has 1 aromatic carbocycles. The third-order valence-corrected chi connectivity index (χ3v) is 4.33. The molecule has 0 aliphatic heterocycles. The predicted octanol–water partition coefficient (Wildman–Crippen LogP) is 1.08. The number of aliphatic carboxylic acids is 1. The lowest BCUT2D eigenvalue weighted by Crippen LogP contribution is -2.36. The maximum absolute atomic E-state index is 12.2. The second-order valence-electron chi connectivity index (χ2n) is 3.98. The first kappa shape index (κ1) is 16.1. The zero-order chi connectivity index (χ0) is 15.3. The van der Waals surface area contributed by atoms with Crippen LogP contribution < -0.4 is 0 Å². The Hall–Kier alpha value is -2.00. The molecular formula is C11H14N2O6S. The van der Waals surface area contributed by atoms with Gasteiger partial charge in [0, 0.05) is 18.7 Å². The molecular weight excluding hydrogens is 288 g/mol. The van der Waals surface area contributed by atoms with Crippen molar-refractivity contribution in [1.29, 1.82) is 0 Å². The van der Waals surface area contributed by atoms with Crippen LogP contribution in [-0.4, -0.2) is 41.8 Å². The Kier molecular flexibility index (Phi) is 5.17. The third kappa shape index (κ3) is 3.75. The Labute approximate surface area is 115 Å². The first-order valence-electron chi connectivity index (χ1n) is 5.75. The highest BCUT2D eigenvalue weighted by molar-refractivity contribution is 7.89. The van der Waals surface area contributed by atoms with Gasteiger partial charge in [0.25, 0.3) is 5.69 Å². The topological polar surface area (TPSA) is 118 Å². The number of carbonyl (C=O) groups is 1. The number of benzene rings is 1. The van der Waals surface area contributed by atoms with Gasteiger partial charge in [0.2, 0.25) is 10.0 Å². The number of nitro benzene ring substituents is 1. The van der Waals surface area contributed by atoms with Gasteiger partial charge in [0.15, 0.2) is 0 Å². The molecule has 0 aliphatic rings. The van der Waals surface area contributed by atoms with Crippen molar-refractivity contribution in [3.8, 4) is 0 Å². The first-order valence-corrected chi connectivity index (χ1v) is 7.19. The number of hydrogen-bond acceptors (Lipinski definition) is 5. The summed E-state index contributed by atoms with van der Waals surface area (Å²) in [4.78, 5) is 20.4. The van der Waals surface area contributed by atoms with Gasteiger partial charge >= 0.3 is 5.97 Å². The van der Waals surface area contributed by atoms with Crippen LogP contribution in [0.2, 0.25) is 0 Å². The van der Waals surface area contributed by atoms with E-state index in [9.17, 15) is 23.3 Å². The van der Waals surface area contributed by atoms with Crippen LogP contribution >= 0.6 is 0 Å². The lowest BCUT2D eigenvalue weighted by atomic mass is 10.3. The minimum absolute atomic E-state index is 0.0611. The zero-order valence-corrected chi connectivity index (χ0v) is 11.5. The van der Waals surface area contributed by atoms with Crippen molar-refractivity contribution in [3.05, 3.63) is 34.4 Å². The first-order chi connectivity index (χ1) is 9.28. The zero-order valence-electron chi connectivity index (χ0n) is 10.7. The van der Waals surface area contributed by atoms with Crippen LogP contribution in [0.5, 0.6) is 0 Å². The van der Waals surface area contributed by atoms with Crippen molar-refractivity contribution in [2.75, 3.05) is 13.1 Å². The molecule has 0 saturated heterocycles. The quantitative estimate of drug-likeness (QED) is 0.594. The van der Waals surface area contributed by atoms with Gasteiger partial charge < -0.3 is 5.11 Å². The molecule has 110 valence electrons. The van der Waals surface area contributed by atoms with Gasteiger partial charge in [-0.1, -0.05) is 6.92 Å². The molecule has 0 amide bonds. The van der Waals surface area contributed by atoms with Crippen LogP contribution in [0.15, 0.2) is 29.2 Å². The van der Waals surface area contributed by atoms with E-state index in [-0.39, 0.29) is 17.1 Å². The largest absolute Gasteiger partial charge is 0.480 e. The summed E-state index contributed by atoms with van der Waals surface area (Å²) in [5.41, 5.74) is -0.232. The Balaban J connectivity index is 3.11. The molecule has 0 atom stereocenters. The van der Waals surface area contributed by atoms with Gasteiger partial charge in [-0.3, -0.25) is 14.9 Å². The van der Waals surface area contributed by atoms with Gasteiger partial charge in [-0.05, 0) is 18.6 Å². The fourth-order valence-electron chi connectivity index (χ4n) is 1.57. The number of carboxylic acids is 1. The third-order valence-electron chi connectivity index (χ3n) is 2.47. The normalized spacial score (nSPS) is 11.5. The SMILES string of the molecule is CCCN(CC(=O)O)S(=O)(=O)c1ccc([N+](=O)[O-])cc1. The Morgan fingerprint density at radius 3 is 2.30 bits per heavy atom. The molecule has 1 rings (SSSR count). The minimum Gasteiger partial charge on any atom is -0.480 e. The Bertz CT molecular complexity index is 596. The number of sulfonamides is 1. The number of nitrogens with zero attached hydrogens (tertiary/aromatic N) is 2. The number of carboxylic acid groups (broad SMARTS) is 1. The van der Waals surface area contributed by atoms with Crippen LogP contribution in [0.25, 0.3) is 0 Å². The molecule has 20 heavy (non-hydrogen) atoms. The van der Waals surface area contributed by atoms with E-state index in [0.717, 1.165) is 28.6 Å². The summed E-state index contributed by atoms with van der Waals surface area (Å²) in [5, 5.41) is 19.3. The molecule has 0 saturated carbocycles. The molecule has 0 bridgehead atoms. The summed E-state index contributed by atoms with van der Waals surface area (Å²) < 4.78 is 25.3. The van der Waals surface area contributed by atoms with Crippen LogP contribution in [0, 0.1) is 10.1 Å². The molecule has 0 aromatic heterocycles. The van der Waals surface area contributed by atoms with E-state index in [0.29, 0.717) is 6.42 Å². The Morgan fingerprint density at radius 1 is 1.35 bits per heavy atom. The highest BCUT2D eigenvalue weighted by atomic mass is 32.2. The van der Waals surface area contributed by atoms with E-state index in [2.05, 4.69) is 0 Å². The highest BCUT2D eigenvalue weighted by Gasteiger charge is 2.26. The van der Waals surface area contributed by atoms with Crippen LogP contribution in [0.4, 0.5) is 5.69 Å². The van der Waals surface area contributed by atoms with E-state index in [4.69, 9.17) is 5.11 Å². The number of rotatable bonds is 7. The Morgan fingerprint density at radius 2 is 1.90 bits per heavy atom. The fraction of sp³-hybridized carbons (Fsp3) is 0.364. The molecule has 0 aliphatic carbocycles. The van der Waals surface area contributed by atoms with E-state index in [1.165, 1.54) is 0 Å². The maximum atomic E-state index is 12.2. The summed E-state index contributed by atoms with van der Waals surface area (Å²) in [7, 11) is -3.97. The monoisotopic (exact) mass is 302 g/mol. The number of nitro groups is 1. The van der Waals surface area contributed by atoms with Gasteiger partial charge in [0.05, 0.1) is 9.82 Å². The standard InChI is InChI=1S/C11H14N2O6S/c1-2-7-12(8-11(14)15)20(18,19)10-5-3-9(4-6-10)13(16)17/h3-6H,2,7-8H2,1H3,(H,14,15). The van der Waals surface area contributed by atoms with Gasteiger partial charge in [-0.25, -0.2) is 8.42 Å². The van der Waals surface area contributed by atoms with E-state index < -0.39 is 27.5 Å². The molecule has 1 N–H and O–H groups in total. The second-order valence-corrected chi connectivity index (χ2v) is 5.92. The van der Waals surface area contributed by atoms with Crippen LogP contribution in [0.3, 0.4) is 0 Å². The van der Waals surface area contributed by atoms with Crippen LogP contribution in [-0.2, 0) is 14.8 Å². The number of non-ortho nitro benzene ring substituents is 1. The lowest BCUT2D eigenvalue weighted by molar-refractivity contribution is -0.384. The molecule has 0 heterocycles. The van der Waals surface area contributed by atoms with E-state index in [1.54, 1.807) is 6.92 Å². The molecule has 0 radical (unpaired) electrons. The van der Waals surface area contributed by atoms with Gasteiger partial charge in [0.1, 0.15) is 6.54 Å². The molecule has 8 nitrogen and oxygen atoms in total. The predicted molar refractivity (Wildman–Crippen MR) is 69.8 cm³/mol. The molecule has 0 fully saturated rings. The smallest absolute Gasteiger partial charge is 0.318 e. The summed E-state index contributed by atoms with van der Waals surface area (Å²) >= 11 is 0. The summed E-state index contributed by atoms with van der Waals surface area (Å²) in [6.07, 6.45) is 0.458. The average molecular weight is 302 g/mol. The summed E-state index contributed by atoms with van der Waals surface area (Å²) in [6.45, 7) is 1.14. The molecule has 1 aromatic rings. The van der Waals surface area contributed by atoms with Crippen molar-refractivity contribution in [1.82, 2.24) is 4.31 Å². The average Bonchev–Trinajstić information content (AvgIpc) is 2.37. The summed E-state index contributed by atoms with van der Waals surface area (Å²) in [5.74, 6) is -1.26. The van der Waals surface area contributed by atoms with E-state index in [1.807, 2.05) is 0 Å². The van der Waals surface area contributed by atoms with E-state index >= 15 is 0 Å². The van der Waals surface area contributed by atoms with Crippen molar-refractivity contribution < 1.29 is 23.2 Å².